The third kappa shape index (κ3) is 3.04. The van der Waals surface area contributed by atoms with Crippen molar-refractivity contribution in [3.8, 4) is 0 Å². The fraction of sp³-hybridized carbons (Fsp3) is 0.833. The highest BCUT2D eigenvalue weighted by Gasteiger charge is 2.25. The van der Waals surface area contributed by atoms with Crippen LogP contribution in [0.5, 0.6) is 0 Å². The van der Waals surface area contributed by atoms with Crippen molar-refractivity contribution in [1.29, 1.82) is 0 Å². The van der Waals surface area contributed by atoms with E-state index < -0.39 is 0 Å². The molecule has 0 aliphatic carbocycles. The average molecular weight is 238 g/mol. The molecule has 0 aromatic carbocycles. The molecule has 0 unspecified atom stereocenters. The lowest BCUT2D eigenvalue weighted by Gasteiger charge is -2.32. The first-order chi connectivity index (χ1) is 8.20. The van der Waals surface area contributed by atoms with Crippen LogP contribution in [0.4, 0.5) is 0 Å². The lowest BCUT2D eigenvalue weighted by Crippen LogP contribution is -2.39. The maximum atomic E-state index is 9.45. The molecule has 1 N–H and O–H groups in total. The molecular weight excluding hydrogens is 216 g/mol. The van der Waals surface area contributed by atoms with Gasteiger partial charge in [0.2, 0.25) is 0 Å². The monoisotopic (exact) mass is 238 g/mol. The molecule has 2 heterocycles. The number of rotatable bonds is 4. The Kier molecular flexibility index (Phi) is 4.12. The summed E-state index contributed by atoms with van der Waals surface area (Å²) in [6, 6.07) is 0. The van der Waals surface area contributed by atoms with Crippen LogP contribution in [0.1, 0.15) is 38.4 Å². The van der Waals surface area contributed by atoms with Crippen molar-refractivity contribution < 1.29 is 5.11 Å². The zero-order chi connectivity index (χ0) is 12.3. The van der Waals surface area contributed by atoms with Gasteiger partial charge >= 0.3 is 0 Å². The van der Waals surface area contributed by atoms with Crippen molar-refractivity contribution in [2.24, 2.45) is 0 Å². The van der Waals surface area contributed by atoms with Crippen molar-refractivity contribution in [2.75, 3.05) is 19.6 Å². The lowest BCUT2D eigenvalue weighted by atomic mass is 9.97. The molecule has 1 aromatic heterocycles. The molecule has 5 heteroatoms. The minimum atomic E-state index is -0.252. The second-order valence-corrected chi connectivity index (χ2v) is 4.92. The van der Waals surface area contributed by atoms with Crippen LogP contribution in [0.2, 0.25) is 0 Å². The largest absolute Gasteiger partial charge is 0.392 e. The summed E-state index contributed by atoms with van der Waals surface area (Å²) in [6.45, 7) is 7.72. The number of likely N-dealkylation sites (tertiary alicyclic amines) is 1. The van der Waals surface area contributed by atoms with Crippen LogP contribution in [0.3, 0.4) is 0 Å². The predicted molar refractivity (Wildman–Crippen MR) is 65.8 cm³/mol. The fourth-order valence-electron chi connectivity index (χ4n) is 2.63. The second kappa shape index (κ2) is 5.60. The Morgan fingerprint density at radius 2 is 2.41 bits per heavy atom. The number of aliphatic hydroxyl groups is 1. The van der Waals surface area contributed by atoms with Gasteiger partial charge < -0.3 is 14.6 Å². The smallest absolute Gasteiger partial charge is 0.137 e. The van der Waals surface area contributed by atoms with Gasteiger partial charge in [0.25, 0.3) is 0 Å². The minimum Gasteiger partial charge on any atom is -0.392 e. The summed E-state index contributed by atoms with van der Waals surface area (Å²) in [4.78, 5) is 2.33. The van der Waals surface area contributed by atoms with E-state index in [1.54, 1.807) is 0 Å². The molecule has 1 saturated heterocycles. The molecule has 0 amide bonds. The summed E-state index contributed by atoms with van der Waals surface area (Å²) >= 11 is 0. The van der Waals surface area contributed by atoms with E-state index in [4.69, 9.17) is 0 Å². The van der Waals surface area contributed by atoms with Gasteiger partial charge in [-0.25, -0.2) is 0 Å². The highest BCUT2D eigenvalue weighted by atomic mass is 16.3. The molecule has 0 saturated carbocycles. The number of aryl methyl sites for hydroxylation is 1. The second-order valence-electron chi connectivity index (χ2n) is 4.92. The van der Waals surface area contributed by atoms with Crippen LogP contribution in [0.25, 0.3) is 0 Å². The Morgan fingerprint density at radius 3 is 3.12 bits per heavy atom. The molecule has 1 fully saturated rings. The van der Waals surface area contributed by atoms with Crippen molar-refractivity contribution in [3.05, 3.63) is 12.2 Å². The Balaban J connectivity index is 2.02. The molecule has 17 heavy (non-hydrogen) atoms. The Bertz CT molecular complexity index is 350. The molecule has 1 aliphatic rings. The van der Waals surface area contributed by atoms with Gasteiger partial charge in [-0.15, -0.1) is 10.2 Å². The minimum absolute atomic E-state index is 0.252. The van der Waals surface area contributed by atoms with Crippen molar-refractivity contribution in [3.63, 3.8) is 0 Å². The highest BCUT2D eigenvalue weighted by molar-refractivity contribution is 4.99. The van der Waals surface area contributed by atoms with E-state index in [-0.39, 0.29) is 6.10 Å². The molecule has 96 valence electrons. The number of piperidine rings is 1. The predicted octanol–water partition coefficient (Wildman–Crippen LogP) is 0.858. The molecule has 0 spiro atoms. The SMILES string of the molecule is CCn1cnnc1[C@H]1CCCN(C[C@H](C)O)C1. The zero-order valence-corrected chi connectivity index (χ0v) is 10.7. The van der Waals surface area contributed by atoms with Gasteiger partial charge in [-0.05, 0) is 33.2 Å². The van der Waals surface area contributed by atoms with E-state index in [1.807, 2.05) is 13.3 Å². The van der Waals surface area contributed by atoms with E-state index in [9.17, 15) is 5.11 Å². The quantitative estimate of drug-likeness (QED) is 0.845. The first kappa shape index (κ1) is 12.5. The fourth-order valence-corrected chi connectivity index (χ4v) is 2.63. The normalized spacial score (nSPS) is 23.8. The van der Waals surface area contributed by atoms with Crippen LogP contribution >= 0.6 is 0 Å². The summed E-state index contributed by atoms with van der Waals surface area (Å²) in [6.07, 6.45) is 3.91. The standard InChI is InChI=1S/C12H22N4O/c1-3-16-9-13-14-12(16)11-5-4-6-15(8-11)7-10(2)17/h9-11,17H,3-8H2,1-2H3/t10-,11-/m0/s1. The first-order valence-electron chi connectivity index (χ1n) is 6.48. The average Bonchev–Trinajstić information content (AvgIpc) is 2.76. The summed E-state index contributed by atoms with van der Waals surface area (Å²) in [5.74, 6) is 1.56. The number of β-amino-alcohol motifs (C(OH)–C–C–N with tert-alkyl or cyclic N) is 1. The Hall–Kier alpha value is -0.940. The van der Waals surface area contributed by atoms with Gasteiger partial charge in [-0.2, -0.15) is 0 Å². The third-order valence-electron chi connectivity index (χ3n) is 3.38. The number of nitrogens with zero attached hydrogens (tertiary/aromatic N) is 4. The molecule has 5 nitrogen and oxygen atoms in total. The molecular formula is C12H22N4O. The van der Waals surface area contributed by atoms with Crippen LogP contribution in [0.15, 0.2) is 6.33 Å². The Labute approximate surface area is 102 Å². The van der Waals surface area contributed by atoms with E-state index in [1.165, 1.54) is 12.8 Å². The van der Waals surface area contributed by atoms with Crippen molar-refractivity contribution >= 4 is 0 Å². The van der Waals surface area contributed by atoms with E-state index in [2.05, 4.69) is 26.6 Å². The maximum absolute atomic E-state index is 9.45. The van der Waals surface area contributed by atoms with Gasteiger partial charge in [0, 0.05) is 25.6 Å². The maximum Gasteiger partial charge on any atom is 0.137 e. The summed E-state index contributed by atoms with van der Waals surface area (Å²) < 4.78 is 2.12. The molecule has 2 rings (SSSR count). The first-order valence-corrected chi connectivity index (χ1v) is 6.48. The van der Waals surface area contributed by atoms with Crippen LogP contribution in [-0.4, -0.2) is 50.5 Å². The lowest BCUT2D eigenvalue weighted by molar-refractivity contribution is 0.105. The van der Waals surface area contributed by atoms with E-state index in [0.29, 0.717) is 5.92 Å². The van der Waals surface area contributed by atoms with Gasteiger partial charge in [0.15, 0.2) is 0 Å². The number of aromatic nitrogens is 3. The Morgan fingerprint density at radius 1 is 1.59 bits per heavy atom. The molecule has 1 aromatic rings. The molecule has 1 aliphatic heterocycles. The topological polar surface area (TPSA) is 54.2 Å². The molecule has 0 radical (unpaired) electrons. The molecule has 2 atom stereocenters. The van der Waals surface area contributed by atoms with Gasteiger partial charge in [0.05, 0.1) is 6.10 Å². The summed E-state index contributed by atoms with van der Waals surface area (Å²) in [5.41, 5.74) is 0. The zero-order valence-electron chi connectivity index (χ0n) is 10.7. The number of aliphatic hydroxyl groups excluding tert-OH is 1. The van der Waals surface area contributed by atoms with Gasteiger partial charge in [-0.3, -0.25) is 0 Å². The van der Waals surface area contributed by atoms with Crippen LogP contribution < -0.4 is 0 Å². The van der Waals surface area contributed by atoms with Crippen molar-refractivity contribution in [1.82, 2.24) is 19.7 Å². The third-order valence-corrected chi connectivity index (χ3v) is 3.38. The van der Waals surface area contributed by atoms with E-state index >= 15 is 0 Å². The number of hydrogen-bond acceptors (Lipinski definition) is 4. The summed E-state index contributed by atoms with van der Waals surface area (Å²) in [5, 5.41) is 17.7. The highest BCUT2D eigenvalue weighted by Crippen LogP contribution is 2.25. The summed E-state index contributed by atoms with van der Waals surface area (Å²) in [7, 11) is 0. The van der Waals surface area contributed by atoms with E-state index in [0.717, 1.165) is 32.0 Å². The van der Waals surface area contributed by atoms with Crippen LogP contribution in [0, 0.1) is 0 Å². The number of hydrogen-bond donors (Lipinski definition) is 1. The van der Waals surface area contributed by atoms with Gasteiger partial charge in [0.1, 0.15) is 12.2 Å². The molecule has 0 bridgehead atoms. The van der Waals surface area contributed by atoms with Crippen molar-refractivity contribution in [2.45, 2.75) is 45.3 Å². The van der Waals surface area contributed by atoms with Crippen LogP contribution in [-0.2, 0) is 6.54 Å². The van der Waals surface area contributed by atoms with Gasteiger partial charge in [-0.1, -0.05) is 0 Å².